The summed E-state index contributed by atoms with van der Waals surface area (Å²) in [5.74, 6) is -1.72. The molecule has 0 saturated carbocycles. The predicted octanol–water partition coefficient (Wildman–Crippen LogP) is -1.66. The van der Waals surface area contributed by atoms with Gasteiger partial charge in [-0.25, -0.2) is 4.79 Å². The van der Waals surface area contributed by atoms with Gasteiger partial charge in [-0.2, -0.15) is 0 Å². The average Bonchev–Trinajstić information content (AvgIpc) is 1.61. The molecule has 0 amide bonds. The Morgan fingerprint density at radius 3 is 1.90 bits per heavy atom. The first kappa shape index (κ1) is 17.1. The van der Waals surface area contributed by atoms with E-state index in [1.54, 1.807) is 0 Å². The molecule has 0 spiro atoms. The van der Waals surface area contributed by atoms with Crippen molar-refractivity contribution in [3.05, 3.63) is 0 Å². The molecule has 0 heterocycles. The molecule has 0 aliphatic carbocycles. The molecule has 10 heavy (non-hydrogen) atoms. The van der Waals surface area contributed by atoms with E-state index < -0.39 is 18.5 Å². The van der Waals surface area contributed by atoms with E-state index in [1.807, 2.05) is 0 Å². The van der Waals surface area contributed by atoms with Crippen LogP contribution >= 0.6 is 0 Å². The van der Waals surface area contributed by atoms with Gasteiger partial charge in [0.1, 0.15) is 0 Å². The molecule has 0 atom stereocenters. The van der Waals surface area contributed by atoms with E-state index >= 15 is 0 Å². The molecule has 0 aliphatic rings. The van der Waals surface area contributed by atoms with Crippen LogP contribution in [0.15, 0.2) is 0 Å². The number of hydrogen-bond acceptors (Lipinski definition) is 3. The number of rotatable bonds is 2. The van der Waals surface area contributed by atoms with Gasteiger partial charge in [-0.3, -0.25) is 4.79 Å². The van der Waals surface area contributed by atoms with Crippen molar-refractivity contribution >= 4 is 71.1 Å². The first-order valence-electron chi connectivity index (χ1n) is 1.98. The summed E-state index contributed by atoms with van der Waals surface area (Å²) in [5.41, 5.74) is 0. The van der Waals surface area contributed by atoms with E-state index in [0.29, 0.717) is 0 Å². The Bertz CT molecular complexity index is 99.8. The quantitative estimate of drug-likeness (QED) is 0.394. The number of aliphatic carboxylic acids is 1. The van der Waals surface area contributed by atoms with Crippen molar-refractivity contribution in [1.29, 1.82) is 0 Å². The van der Waals surface area contributed by atoms with Crippen LogP contribution in [0, 0.1) is 0 Å². The summed E-state index contributed by atoms with van der Waals surface area (Å²) in [7, 11) is 0. The summed E-state index contributed by atoms with van der Waals surface area (Å²) >= 11 is 0. The van der Waals surface area contributed by atoms with Gasteiger partial charge in [-0.05, 0) is 0 Å². The third-order valence-corrected chi connectivity index (χ3v) is 0.399. The molecule has 4 nitrogen and oxygen atoms in total. The van der Waals surface area contributed by atoms with Crippen molar-refractivity contribution < 1.29 is 19.4 Å². The molecule has 0 aliphatic heterocycles. The van der Waals surface area contributed by atoms with Gasteiger partial charge in [-0.1, -0.05) is 0 Å². The Balaban J connectivity index is -0.000000245. The summed E-state index contributed by atoms with van der Waals surface area (Å²) in [6.07, 6.45) is 0. The van der Waals surface area contributed by atoms with Gasteiger partial charge in [0.15, 0.2) is 6.61 Å². The third-order valence-electron chi connectivity index (χ3n) is 0.399. The van der Waals surface area contributed by atoms with Crippen molar-refractivity contribution in [1.82, 2.24) is 0 Å². The number of carboxylic acid groups (broad SMARTS) is 1. The molecule has 6 heteroatoms. The predicted molar refractivity (Wildman–Crippen MR) is 38.6 cm³/mol. The zero-order chi connectivity index (χ0) is 6.57. The summed E-state index contributed by atoms with van der Waals surface area (Å²) in [6.45, 7) is 0.609. The van der Waals surface area contributed by atoms with Crippen LogP contribution in [-0.4, -0.2) is 82.8 Å². The van der Waals surface area contributed by atoms with Crippen LogP contribution in [0.25, 0.3) is 0 Å². The van der Waals surface area contributed by atoms with E-state index in [4.69, 9.17) is 5.11 Å². The molecule has 1 N–H and O–H groups in total. The Hall–Kier alpha value is 0.940. The Kier molecular flexibility index (Phi) is 17.0. The molecule has 0 aromatic heterocycles. The van der Waals surface area contributed by atoms with Gasteiger partial charge < -0.3 is 9.84 Å². The van der Waals surface area contributed by atoms with Crippen LogP contribution in [-0.2, 0) is 14.3 Å². The third kappa shape index (κ3) is 16.0. The topological polar surface area (TPSA) is 63.6 Å². The van der Waals surface area contributed by atoms with Crippen molar-refractivity contribution in [2.75, 3.05) is 6.61 Å². The molecule has 0 aromatic carbocycles. The number of esters is 1. The maximum atomic E-state index is 9.86. The van der Waals surface area contributed by atoms with E-state index in [1.165, 1.54) is 0 Å². The summed E-state index contributed by atoms with van der Waals surface area (Å²) in [5, 5.41) is 7.89. The van der Waals surface area contributed by atoms with Gasteiger partial charge in [0, 0.05) is 6.92 Å². The van der Waals surface area contributed by atoms with Gasteiger partial charge >= 0.3 is 71.1 Å². The van der Waals surface area contributed by atoms with Crippen molar-refractivity contribution in [2.45, 2.75) is 6.92 Å². The molecule has 50 valence electrons. The molecule has 0 saturated heterocycles. The number of carbonyl (C=O) groups excluding carboxylic acids is 1. The second kappa shape index (κ2) is 9.94. The van der Waals surface area contributed by atoms with E-state index in [0.717, 1.165) is 6.92 Å². The van der Waals surface area contributed by atoms with Crippen LogP contribution in [0.3, 0.4) is 0 Å². The molecule has 0 rings (SSSR count). The molecule has 0 unspecified atom stereocenters. The summed E-state index contributed by atoms with van der Waals surface area (Å²) < 4.78 is 4.06. The van der Waals surface area contributed by atoms with Crippen LogP contribution in [0.4, 0.5) is 0 Å². The number of carbonyl (C=O) groups is 2. The molecule has 0 bridgehead atoms. The van der Waals surface area contributed by atoms with Crippen molar-refractivity contribution in [3.8, 4) is 0 Å². The molecule has 0 fully saturated rings. The molecular weight excluding hydrogens is 158 g/mol. The van der Waals surface area contributed by atoms with E-state index in [2.05, 4.69) is 4.74 Å². The first-order chi connectivity index (χ1) is 3.63. The Morgan fingerprint density at radius 2 is 1.80 bits per heavy atom. The normalized spacial score (nSPS) is 6.50. The minimum atomic E-state index is -1.14. The Labute approximate surface area is 103 Å². The molecule has 0 radical (unpaired) electrons. The van der Waals surface area contributed by atoms with Crippen LogP contribution in [0.5, 0.6) is 0 Å². The summed E-state index contributed by atoms with van der Waals surface area (Å²) in [4.78, 5) is 19.5. The van der Waals surface area contributed by atoms with E-state index in [-0.39, 0.29) is 59.1 Å². The second-order valence-corrected chi connectivity index (χ2v) is 1.17. The number of carboxylic acids is 1. The SMILES string of the molecule is CC(=O)OCC(=O)O.[NaH].[NaH]. The van der Waals surface area contributed by atoms with Crippen LogP contribution in [0.1, 0.15) is 6.92 Å². The van der Waals surface area contributed by atoms with Gasteiger partial charge in [0.05, 0.1) is 0 Å². The average molecular weight is 166 g/mol. The van der Waals surface area contributed by atoms with Crippen LogP contribution in [0.2, 0.25) is 0 Å². The van der Waals surface area contributed by atoms with Gasteiger partial charge in [-0.15, -0.1) is 0 Å². The minimum absolute atomic E-state index is 0. The van der Waals surface area contributed by atoms with E-state index in [9.17, 15) is 9.59 Å². The van der Waals surface area contributed by atoms with Gasteiger partial charge in [0.2, 0.25) is 0 Å². The molecular formula is C4H8Na2O4. The first-order valence-corrected chi connectivity index (χ1v) is 1.98. The fourth-order valence-electron chi connectivity index (χ4n) is 0.163. The number of ether oxygens (including phenoxy) is 1. The Morgan fingerprint density at radius 1 is 1.40 bits per heavy atom. The van der Waals surface area contributed by atoms with Crippen molar-refractivity contribution in [2.24, 2.45) is 0 Å². The molecule has 0 aromatic rings. The standard InChI is InChI=1S/C4H6O4.2Na.2H/c1-3(5)8-2-4(6)7;;;;/h2H2,1H3,(H,6,7);;;;. The van der Waals surface area contributed by atoms with Crippen molar-refractivity contribution in [3.63, 3.8) is 0 Å². The van der Waals surface area contributed by atoms with Crippen LogP contribution < -0.4 is 0 Å². The zero-order valence-corrected chi connectivity index (χ0v) is 4.38. The zero-order valence-electron chi connectivity index (χ0n) is 4.38. The fraction of sp³-hybridized carbons (Fsp3) is 0.500. The fourth-order valence-corrected chi connectivity index (χ4v) is 0.163. The monoisotopic (exact) mass is 166 g/mol. The maximum absolute atomic E-state index is 9.86. The summed E-state index contributed by atoms with van der Waals surface area (Å²) in [6, 6.07) is 0. The number of hydrogen-bond donors (Lipinski definition) is 1. The van der Waals surface area contributed by atoms with Gasteiger partial charge in [0.25, 0.3) is 0 Å². The second-order valence-electron chi connectivity index (χ2n) is 1.17.